The Morgan fingerprint density at radius 3 is 2.50 bits per heavy atom. The number of hydrogen-bond acceptors (Lipinski definition) is 5. The van der Waals surface area contributed by atoms with Crippen molar-refractivity contribution in [2.75, 3.05) is 23.7 Å². The van der Waals surface area contributed by atoms with E-state index in [9.17, 15) is 10.1 Å². The molecule has 98 valence electrons. The lowest BCUT2D eigenvalue weighted by molar-refractivity contribution is -0.383. The second-order valence-electron chi connectivity index (χ2n) is 4.66. The van der Waals surface area contributed by atoms with Crippen LogP contribution in [0.3, 0.4) is 0 Å². The third-order valence-corrected chi connectivity index (χ3v) is 2.99. The number of nitrogen functional groups attached to an aromatic ring is 1. The molecule has 1 aromatic carbocycles. The SMILES string of the molecule is C[C@@H]1CN(c2ccc([N+](=O)[O-])c(N)c2)C[C@H](C)O1. The lowest BCUT2D eigenvalue weighted by Crippen LogP contribution is -2.45. The Hall–Kier alpha value is -1.82. The molecule has 0 unspecified atom stereocenters. The Morgan fingerprint density at radius 2 is 2.00 bits per heavy atom. The molecule has 0 bridgehead atoms. The zero-order valence-corrected chi connectivity index (χ0v) is 10.5. The average Bonchev–Trinajstić information content (AvgIpc) is 2.26. The van der Waals surface area contributed by atoms with Crippen molar-refractivity contribution < 1.29 is 9.66 Å². The van der Waals surface area contributed by atoms with Crippen LogP contribution in [0, 0.1) is 10.1 Å². The average molecular weight is 251 g/mol. The van der Waals surface area contributed by atoms with Gasteiger partial charge < -0.3 is 15.4 Å². The van der Waals surface area contributed by atoms with Crippen molar-refractivity contribution in [3.63, 3.8) is 0 Å². The standard InChI is InChI=1S/C12H17N3O3/c1-8-6-14(7-9(2)18-8)10-3-4-12(15(16)17)11(13)5-10/h3-5,8-9H,6-7,13H2,1-2H3/t8-,9+. The predicted molar refractivity (Wildman–Crippen MR) is 69.7 cm³/mol. The summed E-state index contributed by atoms with van der Waals surface area (Å²) in [5.74, 6) is 0. The van der Waals surface area contributed by atoms with Crippen molar-refractivity contribution in [1.82, 2.24) is 0 Å². The number of nitro benzene ring substituents is 1. The van der Waals surface area contributed by atoms with Gasteiger partial charge in [-0.3, -0.25) is 10.1 Å². The molecule has 1 aliphatic rings. The molecule has 6 heteroatoms. The highest BCUT2D eigenvalue weighted by Gasteiger charge is 2.23. The summed E-state index contributed by atoms with van der Waals surface area (Å²) in [6, 6.07) is 4.84. The summed E-state index contributed by atoms with van der Waals surface area (Å²) >= 11 is 0. The molecule has 2 N–H and O–H groups in total. The molecule has 1 aliphatic heterocycles. The largest absolute Gasteiger partial charge is 0.393 e. The Morgan fingerprint density at radius 1 is 1.39 bits per heavy atom. The van der Waals surface area contributed by atoms with E-state index in [4.69, 9.17) is 10.5 Å². The zero-order chi connectivity index (χ0) is 13.3. The van der Waals surface area contributed by atoms with Gasteiger partial charge in [-0.05, 0) is 26.0 Å². The summed E-state index contributed by atoms with van der Waals surface area (Å²) in [5, 5.41) is 10.7. The van der Waals surface area contributed by atoms with Crippen LogP contribution in [0.5, 0.6) is 0 Å². The lowest BCUT2D eigenvalue weighted by Gasteiger charge is -2.36. The quantitative estimate of drug-likeness (QED) is 0.492. The summed E-state index contributed by atoms with van der Waals surface area (Å²) in [7, 11) is 0. The molecule has 1 heterocycles. The summed E-state index contributed by atoms with van der Waals surface area (Å²) in [6.07, 6.45) is 0.287. The van der Waals surface area contributed by atoms with Gasteiger partial charge in [0.15, 0.2) is 0 Å². The van der Waals surface area contributed by atoms with E-state index in [0.717, 1.165) is 18.8 Å². The molecule has 0 radical (unpaired) electrons. The Bertz CT molecular complexity index is 454. The lowest BCUT2D eigenvalue weighted by atomic mass is 10.1. The van der Waals surface area contributed by atoms with Crippen LogP contribution >= 0.6 is 0 Å². The van der Waals surface area contributed by atoms with Crippen LogP contribution < -0.4 is 10.6 Å². The molecular weight excluding hydrogens is 234 g/mol. The van der Waals surface area contributed by atoms with Gasteiger partial charge in [0.05, 0.1) is 17.1 Å². The van der Waals surface area contributed by atoms with Crippen molar-refractivity contribution >= 4 is 17.1 Å². The van der Waals surface area contributed by atoms with Gasteiger partial charge in [-0.25, -0.2) is 0 Å². The van der Waals surface area contributed by atoms with Crippen LogP contribution in [0.25, 0.3) is 0 Å². The molecule has 2 rings (SSSR count). The first kappa shape index (κ1) is 12.6. The topological polar surface area (TPSA) is 81.6 Å². The Balaban J connectivity index is 2.23. The number of hydrogen-bond donors (Lipinski definition) is 1. The molecule has 1 fully saturated rings. The number of morpholine rings is 1. The first-order chi connectivity index (χ1) is 8.47. The molecular formula is C12H17N3O3. The minimum absolute atomic E-state index is 0.0480. The highest BCUT2D eigenvalue weighted by Crippen LogP contribution is 2.28. The maximum atomic E-state index is 10.7. The third kappa shape index (κ3) is 2.53. The van der Waals surface area contributed by atoms with E-state index in [1.54, 1.807) is 12.1 Å². The molecule has 6 nitrogen and oxygen atoms in total. The fraction of sp³-hybridized carbons (Fsp3) is 0.500. The molecule has 0 aromatic heterocycles. The van der Waals surface area contributed by atoms with E-state index in [1.165, 1.54) is 6.07 Å². The van der Waals surface area contributed by atoms with E-state index < -0.39 is 4.92 Å². The van der Waals surface area contributed by atoms with E-state index in [0.29, 0.717) is 0 Å². The third-order valence-electron chi connectivity index (χ3n) is 2.99. The number of ether oxygens (including phenoxy) is 1. The van der Waals surface area contributed by atoms with Crippen molar-refractivity contribution in [2.24, 2.45) is 0 Å². The minimum atomic E-state index is -0.469. The normalized spacial score (nSPS) is 24.0. The maximum absolute atomic E-state index is 10.7. The summed E-state index contributed by atoms with van der Waals surface area (Å²) in [6.45, 7) is 5.55. The highest BCUT2D eigenvalue weighted by molar-refractivity contribution is 5.66. The highest BCUT2D eigenvalue weighted by atomic mass is 16.6. The van der Waals surface area contributed by atoms with Gasteiger partial charge in [0.1, 0.15) is 5.69 Å². The second kappa shape index (κ2) is 4.81. The van der Waals surface area contributed by atoms with E-state index in [-0.39, 0.29) is 23.6 Å². The first-order valence-corrected chi connectivity index (χ1v) is 5.91. The first-order valence-electron chi connectivity index (χ1n) is 5.91. The Kier molecular flexibility index (Phi) is 3.38. The van der Waals surface area contributed by atoms with Crippen LogP contribution in [-0.4, -0.2) is 30.2 Å². The van der Waals surface area contributed by atoms with Crippen molar-refractivity contribution in [1.29, 1.82) is 0 Å². The van der Waals surface area contributed by atoms with Gasteiger partial charge in [0.2, 0.25) is 0 Å². The van der Waals surface area contributed by atoms with Crippen molar-refractivity contribution in [3.8, 4) is 0 Å². The molecule has 0 spiro atoms. The van der Waals surface area contributed by atoms with Crippen molar-refractivity contribution in [2.45, 2.75) is 26.1 Å². The van der Waals surface area contributed by atoms with Crippen molar-refractivity contribution in [3.05, 3.63) is 28.3 Å². The predicted octanol–water partition coefficient (Wildman–Crippen LogP) is 1.79. The van der Waals surface area contributed by atoms with Gasteiger partial charge >= 0.3 is 0 Å². The van der Waals surface area contributed by atoms with Crippen LogP contribution in [0.15, 0.2) is 18.2 Å². The van der Waals surface area contributed by atoms with Gasteiger partial charge in [0.25, 0.3) is 5.69 Å². The minimum Gasteiger partial charge on any atom is -0.393 e. The molecule has 0 amide bonds. The van der Waals surface area contributed by atoms with Crippen LogP contribution in [-0.2, 0) is 4.74 Å². The van der Waals surface area contributed by atoms with E-state index >= 15 is 0 Å². The molecule has 2 atom stereocenters. The van der Waals surface area contributed by atoms with E-state index in [1.807, 2.05) is 13.8 Å². The smallest absolute Gasteiger partial charge is 0.292 e. The monoisotopic (exact) mass is 251 g/mol. The second-order valence-corrected chi connectivity index (χ2v) is 4.66. The fourth-order valence-corrected chi connectivity index (χ4v) is 2.29. The molecule has 18 heavy (non-hydrogen) atoms. The number of nitrogens with zero attached hydrogens (tertiary/aromatic N) is 2. The number of nitrogens with two attached hydrogens (primary N) is 1. The maximum Gasteiger partial charge on any atom is 0.292 e. The molecule has 1 saturated heterocycles. The van der Waals surface area contributed by atoms with Gasteiger partial charge in [-0.15, -0.1) is 0 Å². The van der Waals surface area contributed by atoms with Crippen LogP contribution in [0.2, 0.25) is 0 Å². The summed E-state index contributed by atoms with van der Waals surface area (Å²) in [4.78, 5) is 12.4. The zero-order valence-electron chi connectivity index (χ0n) is 10.5. The van der Waals surface area contributed by atoms with Gasteiger partial charge in [-0.1, -0.05) is 0 Å². The van der Waals surface area contributed by atoms with Gasteiger partial charge in [-0.2, -0.15) is 0 Å². The van der Waals surface area contributed by atoms with Crippen LogP contribution in [0.1, 0.15) is 13.8 Å². The number of anilines is 2. The number of nitro groups is 1. The molecule has 0 aliphatic carbocycles. The van der Waals surface area contributed by atoms with Gasteiger partial charge in [0, 0.05) is 24.8 Å². The fourth-order valence-electron chi connectivity index (χ4n) is 2.29. The van der Waals surface area contributed by atoms with Crippen LogP contribution in [0.4, 0.5) is 17.1 Å². The summed E-state index contributed by atoms with van der Waals surface area (Å²) in [5.41, 5.74) is 6.75. The number of rotatable bonds is 2. The Labute approximate surface area is 105 Å². The van der Waals surface area contributed by atoms with E-state index in [2.05, 4.69) is 4.90 Å². The summed E-state index contributed by atoms with van der Waals surface area (Å²) < 4.78 is 5.65. The molecule has 0 saturated carbocycles. The molecule has 1 aromatic rings. The number of benzene rings is 1.